The van der Waals surface area contributed by atoms with Gasteiger partial charge in [-0.05, 0) is 53.6 Å². The molecule has 0 saturated heterocycles. The van der Waals surface area contributed by atoms with Crippen LogP contribution in [0.3, 0.4) is 0 Å². The predicted molar refractivity (Wildman–Crippen MR) is 140 cm³/mol. The standard InChI is InChI=1S/C27H27BrN4O2/c1-32(2)21-13-9-18(10-14-21)23(24-16-29-25-6-4-3-5-22(24)25)15-30-26(33)17-31-27(34)19-7-11-20(28)12-8-19/h3-14,16,23,29H,15,17H2,1-2H3,(H,30,33)(H,31,34)/t23-/m0/s1. The first-order chi connectivity index (χ1) is 16.4. The van der Waals surface area contributed by atoms with Gasteiger partial charge in [0.1, 0.15) is 0 Å². The van der Waals surface area contributed by atoms with Gasteiger partial charge in [0.15, 0.2) is 0 Å². The molecule has 174 valence electrons. The number of H-pyrrole nitrogens is 1. The topological polar surface area (TPSA) is 77.2 Å². The number of halogens is 1. The van der Waals surface area contributed by atoms with E-state index >= 15 is 0 Å². The molecule has 0 bridgehead atoms. The molecular weight excluding hydrogens is 492 g/mol. The van der Waals surface area contributed by atoms with E-state index in [4.69, 9.17) is 0 Å². The van der Waals surface area contributed by atoms with Crippen LogP contribution in [0.25, 0.3) is 10.9 Å². The minimum Gasteiger partial charge on any atom is -0.378 e. The summed E-state index contributed by atoms with van der Waals surface area (Å²) >= 11 is 3.35. The molecule has 4 aromatic rings. The van der Waals surface area contributed by atoms with E-state index in [0.717, 1.165) is 32.2 Å². The van der Waals surface area contributed by atoms with Crippen molar-refractivity contribution in [2.45, 2.75) is 5.92 Å². The van der Waals surface area contributed by atoms with E-state index in [9.17, 15) is 9.59 Å². The maximum Gasteiger partial charge on any atom is 0.251 e. The zero-order valence-corrected chi connectivity index (χ0v) is 20.7. The van der Waals surface area contributed by atoms with Crippen molar-refractivity contribution < 1.29 is 9.59 Å². The second-order valence-corrected chi connectivity index (χ2v) is 9.24. The fourth-order valence-corrected chi connectivity index (χ4v) is 4.20. The molecule has 1 aromatic heterocycles. The first-order valence-corrected chi connectivity index (χ1v) is 11.9. The van der Waals surface area contributed by atoms with Crippen LogP contribution in [0.1, 0.15) is 27.4 Å². The molecule has 7 heteroatoms. The molecule has 0 radical (unpaired) electrons. The number of nitrogens with zero attached hydrogens (tertiary/aromatic N) is 1. The van der Waals surface area contributed by atoms with E-state index in [0.29, 0.717) is 12.1 Å². The van der Waals surface area contributed by atoms with Gasteiger partial charge < -0.3 is 20.5 Å². The van der Waals surface area contributed by atoms with Gasteiger partial charge in [-0.25, -0.2) is 0 Å². The molecule has 0 aliphatic carbocycles. The van der Waals surface area contributed by atoms with Crippen LogP contribution in [-0.2, 0) is 4.79 Å². The van der Waals surface area contributed by atoms with Gasteiger partial charge >= 0.3 is 0 Å². The molecule has 0 saturated carbocycles. The monoisotopic (exact) mass is 518 g/mol. The summed E-state index contributed by atoms with van der Waals surface area (Å²) in [6.07, 6.45) is 2.01. The highest BCUT2D eigenvalue weighted by Gasteiger charge is 2.19. The van der Waals surface area contributed by atoms with Crippen molar-refractivity contribution in [3.8, 4) is 0 Å². The molecule has 4 rings (SSSR count). The molecular formula is C27H27BrN4O2. The lowest BCUT2D eigenvalue weighted by molar-refractivity contribution is -0.120. The molecule has 3 N–H and O–H groups in total. The van der Waals surface area contributed by atoms with Gasteiger partial charge in [-0.1, -0.05) is 46.3 Å². The summed E-state index contributed by atoms with van der Waals surface area (Å²) in [7, 11) is 4.02. The van der Waals surface area contributed by atoms with Crippen LogP contribution in [0, 0.1) is 0 Å². The van der Waals surface area contributed by atoms with Crippen LogP contribution >= 0.6 is 15.9 Å². The van der Waals surface area contributed by atoms with Crippen molar-refractivity contribution in [1.82, 2.24) is 15.6 Å². The van der Waals surface area contributed by atoms with Crippen LogP contribution in [-0.4, -0.2) is 44.0 Å². The largest absolute Gasteiger partial charge is 0.378 e. The maximum absolute atomic E-state index is 12.6. The Morgan fingerprint density at radius 3 is 2.35 bits per heavy atom. The quantitative estimate of drug-likeness (QED) is 0.317. The van der Waals surface area contributed by atoms with Gasteiger partial charge in [0.25, 0.3) is 5.91 Å². The molecule has 6 nitrogen and oxygen atoms in total. The summed E-state index contributed by atoms with van der Waals surface area (Å²) < 4.78 is 0.892. The van der Waals surface area contributed by atoms with Gasteiger partial charge in [0.05, 0.1) is 6.54 Å². The Balaban J connectivity index is 1.47. The van der Waals surface area contributed by atoms with Gasteiger partial charge in [-0.3, -0.25) is 9.59 Å². The third-order valence-corrected chi connectivity index (χ3v) is 6.36. The summed E-state index contributed by atoms with van der Waals surface area (Å²) in [5.41, 5.74) is 4.90. The molecule has 1 heterocycles. The Hall–Kier alpha value is -3.58. The highest BCUT2D eigenvalue weighted by atomic mass is 79.9. The van der Waals surface area contributed by atoms with Gasteiger partial charge in [0.2, 0.25) is 5.91 Å². The van der Waals surface area contributed by atoms with Crippen molar-refractivity contribution >= 4 is 44.3 Å². The number of nitrogens with one attached hydrogen (secondary N) is 3. The molecule has 0 unspecified atom stereocenters. The number of fused-ring (bicyclic) bond motifs is 1. The lowest BCUT2D eigenvalue weighted by atomic mass is 9.90. The van der Waals surface area contributed by atoms with E-state index in [1.165, 1.54) is 0 Å². The van der Waals surface area contributed by atoms with Crippen molar-refractivity contribution in [2.24, 2.45) is 0 Å². The molecule has 3 aromatic carbocycles. The number of para-hydroxylation sites is 1. The number of anilines is 1. The Morgan fingerprint density at radius 2 is 1.65 bits per heavy atom. The number of amides is 2. The number of hydrogen-bond acceptors (Lipinski definition) is 3. The van der Waals surface area contributed by atoms with Gasteiger partial charge in [-0.2, -0.15) is 0 Å². The zero-order valence-electron chi connectivity index (χ0n) is 19.1. The van der Waals surface area contributed by atoms with E-state index in [-0.39, 0.29) is 24.3 Å². The zero-order chi connectivity index (χ0) is 24.1. The molecule has 2 amide bonds. The smallest absolute Gasteiger partial charge is 0.251 e. The van der Waals surface area contributed by atoms with Gasteiger partial charge in [-0.15, -0.1) is 0 Å². The van der Waals surface area contributed by atoms with Crippen LogP contribution in [0.4, 0.5) is 5.69 Å². The number of aromatic amines is 1. The number of carbonyl (C=O) groups is 2. The first-order valence-electron chi connectivity index (χ1n) is 11.1. The lowest BCUT2D eigenvalue weighted by Crippen LogP contribution is -2.38. The summed E-state index contributed by atoms with van der Waals surface area (Å²) in [6, 6.07) is 23.5. The van der Waals surface area contributed by atoms with Crippen LogP contribution in [0.15, 0.2) is 83.5 Å². The number of rotatable bonds is 8. The SMILES string of the molecule is CN(C)c1ccc([C@H](CNC(=O)CNC(=O)c2ccc(Br)cc2)c2c[nH]c3ccccc23)cc1. The molecule has 34 heavy (non-hydrogen) atoms. The highest BCUT2D eigenvalue weighted by molar-refractivity contribution is 9.10. The average Bonchev–Trinajstić information content (AvgIpc) is 3.27. The summed E-state index contributed by atoms with van der Waals surface area (Å²) in [6.45, 7) is 0.325. The molecule has 1 atom stereocenters. The second-order valence-electron chi connectivity index (χ2n) is 8.32. The van der Waals surface area contributed by atoms with E-state index in [1.807, 2.05) is 38.5 Å². The average molecular weight is 519 g/mol. The predicted octanol–water partition coefficient (Wildman–Crippen LogP) is 4.67. The van der Waals surface area contributed by atoms with E-state index in [1.54, 1.807) is 24.3 Å². The normalized spacial score (nSPS) is 11.7. The summed E-state index contributed by atoms with van der Waals surface area (Å²) in [4.78, 5) is 30.3. The van der Waals surface area contributed by atoms with Crippen molar-refractivity contribution in [3.63, 3.8) is 0 Å². The lowest BCUT2D eigenvalue weighted by Gasteiger charge is -2.20. The molecule has 0 fully saturated rings. The fourth-order valence-electron chi connectivity index (χ4n) is 3.94. The number of carbonyl (C=O) groups excluding carboxylic acids is 2. The Morgan fingerprint density at radius 1 is 0.941 bits per heavy atom. The Labute approximate surface area is 207 Å². The minimum absolute atomic E-state index is 0.0431. The third-order valence-electron chi connectivity index (χ3n) is 5.83. The van der Waals surface area contributed by atoms with Crippen molar-refractivity contribution in [3.05, 3.63) is 100 Å². The van der Waals surface area contributed by atoms with Crippen molar-refractivity contribution in [1.29, 1.82) is 0 Å². The van der Waals surface area contributed by atoms with Crippen LogP contribution in [0.5, 0.6) is 0 Å². The summed E-state index contributed by atoms with van der Waals surface area (Å²) in [5, 5.41) is 6.82. The second kappa shape index (κ2) is 10.6. The molecule has 0 aliphatic rings. The third kappa shape index (κ3) is 5.48. The summed E-state index contributed by atoms with van der Waals surface area (Å²) in [5.74, 6) is -0.561. The fraction of sp³-hybridized carbons (Fsp3) is 0.185. The van der Waals surface area contributed by atoms with Gasteiger partial charge in [0, 0.05) is 59.4 Å². The van der Waals surface area contributed by atoms with Crippen LogP contribution < -0.4 is 15.5 Å². The van der Waals surface area contributed by atoms with E-state index < -0.39 is 0 Å². The maximum atomic E-state index is 12.6. The minimum atomic E-state index is -0.282. The Kier molecular flexibility index (Phi) is 7.33. The number of hydrogen-bond donors (Lipinski definition) is 3. The van der Waals surface area contributed by atoms with Crippen molar-refractivity contribution in [2.75, 3.05) is 32.1 Å². The highest BCUT2D eigenvalue weighted by Crippen LogP contribution is 2.31. The molecule has 0 spiro atoms. The Bertz CT molecular complexity index is 1280. The molecule has 0 aliphatic heterocycles. The first kappa shape index (κ1) is 23.6. The number of aromatic nitrogens is 1. The van der Waals surface area contributed by atoms with E-state index in [2.05, 4.69) is 66.8 Å². The van der Waals surface area contributed by atoms with Crippen LogP contribution in [0.2, 0.25) is 0 Å². The number of benzene rings is 3.